The van der Waals surface area contributed by atoms with Crippen LogP contribution in [0.25, 0.3) is 0 Å². The van der Waals surface area contributed by atoms with E-state index < -0.39 is 0 Å². The Kier molecular flexibility index (Phi) is 7.01. The number of nitrogens with one attached hydrogen (secondary N) is 1. The van der Waals surface area contributed by atoms with Crippen molar-refractivity contribution in [3.63, 3.8) is 0 Å². The molecule has 0 heterocycles. The van der Waals surface area contributed by atoms with Crippen molar-refractivity contribution in [2.45, 2.75) is 45.4 Å². The maximum Gasteiger partial charge on any atom is 0.407 e. The summed E-state index contributed by atoms with van der Waals surface area (Å²) in [5, 5.41) is 2.85. The van der Waals surface area contributed by atoms with Crippen LogP contribution in [-0.4, -0.2) is 25.8 Å². The van der Waals surface area contributed by atoms with E-state index in [4.69, 9.17) is 10.5 Å². The molecule has 1 saturated carbocycles. The lowest BCUT2D eigenvalue weighted by Gasteiger charge is -2.28. The van der Waals surface area contributed by atoms with Crippen molar-refractivity contribution >= 4 is 6.09 Å². The first-order valence-corrected chi connectivity index (χ1v) is 6.87. The van der Waals surface area contributed by atoms with Crippen molar-refractivity contribution in [3.05, 3.63) is 0 Å². The fraction of sp³-hybridized carbons (Fsp3) is 0.923. The fourth-order valence-corrected chi connectivity index (χ4v) is 2.39. The molecular formula is C13H26N2O2. The first kappa shape index (κ1) is 14.3. The smallest absolute Gasteiger partial charge is 0.407 e. The van der Waals surface area contributed by atoms with Crippen LogP contribution in [0.3, 0.4) is 0 Å². The van der Waals surface area contributed by atoms with Gasteiger partial charge in [-0.1, -0.05) is 19.8 Å². The molecule has 0 aliphatic heterocycles. The van der Waals surface area contributed by atoms with E-state index in [1.807, 2.05) is 0 Å². The number of nitrogens with two attached hydrogens (primary N) is 1. The first-order valence-electron chi connectivity index (χ1n) is 6.87. The summed E-state index contributed by atoms with van der Waals surface area (Å²) in [6, 6.07) is 0. The van der Waals surface area contributed by atoms with Crippen molar-refractivity contribution in [3.8, 4) is 0 Å². The van der Waals surface area contributed by atoms with Crippen LogP contribution in [0.2, 0.25) is 0 Å². The normalized spacial score (nSPS) is 24.4. The van der Waals surface area contributed by atoms with Gasteiger partial charge in [-0.3, -0.25) is 0 Å². The largest absolute Gasteiger partial charge is 0.450 e. The monoisotopic (exact) mass is 242 g/mol. The zero-order valence-corrected chi connectivity index (χ0v) is 10.9. The molecule has 0 aromatic rings. The predicted octanol–water partition coefficient (Wildman–Crippen LogP) is 2.28. The number of carbonyl (C=O) groups excluding carboxylic acids is 1. The average molecular weight is 242 g/mol. The molecule has 0 bridgehead atoms. The summed E-state index contributed by atoms with van der Waals surface area (Å²) in [4.78, 5) is 11.4. The summed E-state index contributed by atoms with van der Waals surface area (Å²) < 4.78 is 5.05. The number of ether oxygens (including phenoxy) is 1. The number of hydrogen-bond donors (Lipinski definition) is 2. The molecule has 1 aliphatic rings. The molecule has 1 rings (SSSR count). The van der Waals surface area contributed by atoms with Crippen molar-refractivity contribution < 1.29 is 9.53 Å². The zero-order valence-electron chi connectivity index (χ0n) is 10.9. The Labute approximate surface area is 104 Å². The molecule has 0 aromatic carbocycles. The van der Waals surface area contributed by atoms with Crippen molar-refractivity contribution in [2.75, 3.05) is 19.7 Å². The van der Waals surface area contributed by atoms with Crippen molar-refractivity contribution in [2.24, 2.45) is 17.6 Å². The van der Waals surface area contributed by atoms with E-state index in [-0.39, 0.29) is 6.09 Å². The maximum atomic E-state index is 11.4. The maximum absolute atomic E-state index is 11.4. The lowest BCUT2D eigenvalue weighted by Crippen LogP contribution is -2.33. The molecule has 17 heavy (non-hydrogen) atoms. The van der Waals surface area contributed by atoms with Gasteiger partial charge in [0, 0.05) is 6.54 Å². The minimum absolute atomic E-state index is 0.270. The highest BCUT2D eigenvalue weighted by atomic mass is 16.5. The molecule has 1 aliphatic carbocycles. The van der Waals surface area contributed by atoms with E-state index in [0.29, 0.717) is 18.4 Å². The van der Waals surface area contributed by atoms with Crippen LogP contribution in [-0.2, 0) is 4.74 Å². The third kappa shape index (κ3) is 5.91. The van der Waals surface area contributed by atoms with Gasteiger partial charge in [-0.25, -0.2) is 4.79 Å². The van der Waals surface area contributed by atoms with Gasteiger partial charge < -0.3 is 15.8 Å². The molecule has 1 amide bonds. The Balaban J connectivity index is 2.10. The summed E-state index contributed by atoms with van der Waals surface area (Å²) in [5.41, 5.74) is 5.69. The molecule has 100 valence electrons. The van der Waals surface area contributed by atoms with Crippen LogP contribution in [0, 0.1) is 11.8 Å². The van der Waals surface area contributed by atoms with E-state index in [1.165, 1.54) is 19.3 Å². The Morgan fingerprint density at radius 3 is 2.88 bits per heavy atom. The second kappa shape index (κ2) is 8.34. The summed E-state index contributed by atoms with van der Waals surface area (Å²) in [6.45, 7) is 4.12. The molecule has 2 atom stereocenters. The highest BCUT2D eigenvalue weighted by molar-refractivity contribution is 5.67. The number of amides is 1. The number of hydrogen-bond acceptors (Lipinski definition) is 3. The van der Waals surface area contributed by atoms with Gasteiger partial charge in [-0.2, -0.15) is 0 Å². The predicted molar refractivity (Wildman–Crippen MR) is 68.8 cm³/mol. The van der Waals surface area contributed by atoms with Crippen LogP contribution in [0.15, 0.2) is 0 Å². The third-order valence-electron chi connectivity index (χ3n) is 3.49. The Hall–Kier alpha value is -0.770. The molecule has 4 heteroatoms. The molecule has 4 nitrogen and oxygen atoms in total. The lowest BCUT2D eigenvalue weighted by atomic mass is 9.81. The summed E-state index contributed by atoms with van der Waals surface area (Å²) in [5.74, 6) is 1.22. The highest BCUT2D eigenvalue weighted by Crippen LogP contribution is 2.27. The van der Waals surface area contributed by atoms with Crippen LogP contribution < -0.4 is 11.1 Å². The van der Waals surface area contributed by atoms with E-state index in [1.54, 1.807) is 0 Å². The van der Waals surface area contributed by atoms with Crippen LogP contribution in [0.5, 0.6) is 0 Å². The van der Waals surface area contributed by atoms with Crippen molar-refractivity contribution in [1.29, 1.82) is 0 Å². The minimum atomic E-state index is -0.270. The topological polar surface area (TPSA) is 64.3 Å². The van der Waals surface area contributed by atoms with Gasteiger partial charge in [0.1, 0.15) is 0 Å². The fourth-order valence-electron chi connectivity index (χ4n) is 2.39. The van der Waals surface area contributed by atoms with Crippen LogP contribution >= 0.6 is 0 Å². The summed E-state index contributed by atoms with van der Waals surface area (Å²) >= 11 is 0. The molecule has 1 fully saturated rings. The first-order chi connectivity index (χ1) is 8.26. The Morgan fingerprint density at radius 2 is 2.18 bits per heavy atom. The van der Waals surface area contributed by atoms with Gasteiger partial charge in [0.2, 0.25) is 0 Å². The standard InChI is InChI=1S/C13H26N2O2/c1-2-3-7-17-13(16)15-10-12-6-4-5-11(8-12)9-14/h11-12H,2-10,14H2,1H3,(H,15,16). The van der Waals surface area contributed by atoms with Gasteiger partial charge in [0.25, 0.3) is 0 Å². The highest BCUT2D eigenvalue weighted by Gasteiger charge is 2.21. The zero-order chi connectivity index (χ0) is 12.5. The Bertz CT molecular complexity index is 221. The second-order valence-electron chi connectivity index (χ2n) is 5.00. The van der Waals surface area contributed by atoms with Gasteiger partial charge in [0.15, 0.2) is 0 Å². The SMILES string of the molecule is CCCCOC(=O)NCC1CCCC(CN)C1. The quantitative estimate of drug-likeness (QED) is 0.702. The lowest BCUT2D eigenvalue weighted by molar-refractivity contribution is 0.140. The molecule has 3 N–H and O–H groups in total. The summed E-state index contributed by atoms with van der Waals surface area (Å²) in [7, 11) is 0. The molecule has 2 unspecified atom stereocenters. The number of carbonyl (C=O) groups is 1. The van der Waals surface area contributed by atoms with Crippen LogP contribution in [0.4, 0.5) is 4.79 Å². The van der Waals surface area contributed by atoms with Gasteiger partial charge in [-0.15, -0.1) is 0 Å². The molecule has 0 radical (unpaired) electrons. The minimum Gasteiger partial charge on any atom is -0.450 e. The molecule has 0 spiro atoms. The average Bonchev–Trinajstić information content (AvgIpc) is 2.37. The van der Waals surface area contributed by atoms with Gasteiger partial charge in [-0.05, 0) is 44.1 Å². The van der Waals surface area contributed by atoms with E-state index >= 15 is 0 Å². The van der Waals surface area contributed by atoms with Gasteiger partial charge in [0.05, 0.1) is 6.61 Å². The third-order valence-corrected chi connectivity index (χ3v) is 3.49. The Morgan fingerprint density at radius 1 is 1.41 bits per heavy atom. The van der Waals surface area contributed by atoms with E-state index in [9.17, 15) is 4.79 Å². The molecule has 0 saturated heterocycles. The van der Waals surface area contributed by atoms with Crippen molar-refractivity contribution in [1.82, 2.24) is 5.32 Å². The van der Waals surface area contributed by atoms with Gasteiger partial charge >= 0.3 is 6.09 Å². The number of unbranched alkanes of at least 4 members (excludes halogenated alkanes) is 1. The molecular weight excluding hydrogens is 216 g/mol. The summed E-state index contributed by atoms with van der Waals surface area (Å²) in [6.07, 6.45) is 6.54. The van der Waals surface area contributed by atoms with E-state index in [0.717, 1.165) is 32.4 Å². The van der Waals surface area contributed by atoms with Crippen LogP contribution in [0.1, 0.15) is 45.4 Å². The number of alkyl carbamates (subject to hydrolysis) is 1. The molecule has 0 aromatic heterocycles. The van der Waals surface area contributed by atoms with E-state index in [2.05, 4.69) is 12.2 Å². The number of rotatable bonds is 6. The second-order valence-corrected chi connectivity index (χ2v) is 5.00.